The van der Waals surface area contributed by atoms with Gasteiger partial charge in [0.25, 0.3) is 0 Å². The van der Waals surface area contributed by atoms with Gasteiger partial charge >= 0.3 is 5.97 Å². The monoisotopic (exact) mass is 262 g/mol. The van der Waals surface area contributed by atoms with Crippen LogP contribution in [0.4, 0.5) is 5.82 Å². The van der Waals surface area contributed by atoms with Gasteiger partial charge in [0, 0.05) is 6.54 Å². The number of aryl methyl sites for hydroxylation is 1. The Kier molecular flexibility index (Phi) is 4.81. The molecule has 0 unspecified atom stereocenters. The highest BCUT2D eigenvalue weighted by molar-refractivity contribution is 5.75. The van der Waals surface area contributed by atoms with E-state index >= 15 is 0 Å². The molecule has 1 aromatic rings. The molecular formula is C13H18N4O2. The lowest BCUT2D eigenvalue weighted by molar-refractivity contribution is -0.148. The van der Waals surface area contributed by atoms with Crippen molar-refractivity contribution in [3.8, 4) is 6.07 Å². The van der Waals surface area contributed by atoms with Crippen molar-refractivity contribution in [2.24, 2.45) is 5.41 Å². The lowest BCUT2D eigenvalue weighted by Crippen LogP contribution is -2.37. The first-order valence-corrected chi connectivity index (χ1v) is 6.20. The fourth-order valence-electron chi connectivity index (χ4n) is 1.82. The molecule has 1 heterocycles. The summed E-state index contributed by atoms with van der Waals surface area (Å²) in [5.74, 6) is 0.0900. The number of carboxylic acid groups (broad SMARTS) is 1. The van der Waals surface area contributed by atoms with Crippen LogP contribution in [0.15, 0.2) is 6.20 Å². The molecule has 0 bridgehead atoms. The normalized spacial score (nSPS) is 10.8. The van der Waals surface area contributed by atoms with Crippen molar-refractivity contribution in [1.29, 1.82) is 5.26 Å². The summed E-state index contributed by atoms with van der Waals surface area (Å²) < 4.78 is 0. The zero-order valence-corrected chi connectivity index (χ0v) is 11.4. The van der Waals surface area contributed by atoms with Crippen LogP contribution in [0.2, 0.25) is 0 Å². The van der Waals surface area contributed by atoms with Gasteiger partial charge in [0.1, 0.15) is 23.3 Å². The van der Waals surface area contributed by atoms with Crippen molar-refractivity contribution in [1.82, 2.24) is 9.97 Å². The van der Waals surface area contributed by atoms with E-state index in [1.807, 2.05) is 19.9 Å². The van der Waals surface area contributed by atoms with Gasteiger partial charge in [-0.05, 0) is 19.8 Å². The molecule has 1 aromatic heterocycles. The third kappa shape index (κ3) is 3.19. The smallest absolute Gasteiger partial charge is 0.311 e. The van der Waals surface area contributed by atoms with Gasteiger partial charge < -0.3 is 10.4 Å². The zero-order valence-electron chi connectivity index (χ0n) is 11.4. The number of anilines is 1. The molecule has 0 saturated carbocycles. The molecule has 0 spiro atoms. The predicted octanol–water partition coefficient (Wildman–Crippen LogP) is 1.96. The zero-order chi connectivity index (χ0) is 14.5. The van der Waals surface area contributed by atoms with Gasteiger partial charge in [-0.3, -0.25) is 4.79 Å². The van der Waals surface area contributed by atoms with Crippen molar-refractivity contribution in [3.05, 3.63) is 17.6 Å². The summed E-state index contributed by atoms with van der Waals surface area (Å²) >= 11 is 0. The highest BCUT2D eigenvalue weighted by Gasteiger charge is 2.34. The molecule has 6 nitrogen and oxygen atoms in total. The van der Waals surface area contributed by atoms with Crippen LogP contribution in [0.3, 0.4) is 0 Å². The van der Waals surface area contributed by atoms with Crippen molar-refractivity contribution >= 4 is 11.8 Å². The minimum Gasteiger partial charge on any atom is -0.481 e. The first kappa shape index (κ1) is 14.9. The Morgan fingerprint density at radius 1 is 1.53 bits per heavy atom. The van der Waals surface area contributed by atoms with Crippen LogP contribution >= 0.6 is 0 Å². The van der Waals surface area contributed by atoms with Gasteiger partial charge in [0.2, 0.25) is 0 Å². The van der Waals surface area contributed by atoms with Crippen LogP contribution in [-0.2, 0) is 4.79 Å². The van der Waals surface area contributed by atoms with E-state index in [1.165, 1.54) is 6.20 Å². The lowest BCUT2D eigenvalue weighted by atomic mass is 9.82. The van der Waals surface area contributed by atoms with E-state index in [-0.39, 0.29) is 6.54 Å². The number of hydrogen-bond donors (Lipinski definition) is 2. The number of nitrogens with one attached hydrogen (secondary N) is 1. The van der Waals surface area contributed by atoms with Gasteiger partial charge in [-0.1, -0.05) is 13.8 Å². The number of nitriles is 1. The Balaban J connectivity index is 2.95. The summed E-state index contributed by atoms with van der Waals surface area (Å²) in [4.78, 5) is 19.5. The molecule has 0 atom stereocenters. The Morgan fingerprint density at radius 3 is 2.63 bits per heavy atom. The number of hydrogen-bond acceptors (Lipinski definition) is 5. The predicted molar refractivity (Wildman–Crippen MR) is 70.6 cm³/mol. The molecule has 0 amide bonds. The molecule has 0 aliphatic carbocycles. The van der Waals surface area contributed by atoms with Gasteiger partial charge in [0.05, 0.1) is 11.6 Å². The molecule has 102 valence electrons. The average molecular weight is 262 g/mol. The fraction of sp³-hybridized carbons (Fsp3) is 0.538. The molecule has 1 rings (SSSR count). The molecule has 0 saturated heterocycles. The van der Waals surface area contributed by atoms with Crippen LogP contribution in [0.1, 0.15) is 38.1 Å². The largest absolute Gasteiger partial charge is 0.481 e. The molecule has 19 heavy (non-hydrogen) atoms. The van der Waals surface area contributed by atoms with Gasteiger partial charge in [-0.2, -0.15) is 5.26 Å². The third-order valence-corrected chi connectivity index (χ3v) is 3.43. The second-order valence-electron chi connectivity index (χ2n) is 4.44. The molecule has 2 N–H and O–H groups in total. The number of aromatic nitrogens is 2. The first-order valence-electron chi connectivity index (χ1n) is 6.20. The van der Waals surface area contributed by atoms with Gasteiger partial charge in [0.15, 0.2) is 0 Å². The van der Waals surface area contributed by atoms with Gasteiger partial charge in [-0.25, -0.2) is 9.97 Å². The Labute approximate surface area is 112 Å². The summed E-state index contributed by atoms with van der Waals surface area (Å²) in [6.07, 6.45) is 2.46. The average Bonchev–Trinajstić information content (AvgIpc) is 2.40. The van der Waals surface area contributed by atoms with Crippen molar-refractivity contribution < 1.29 is 9.90 Å². The number of nitrogens with zero attached hydrogens (tertiary/aromatic N) is 3. The molecule has 0 radical (unpaired) electrons. The van der Waals surface area contributed by atoms with E-state index in [2.05, 4.69) is 15.3 Å². The van der Waals surface area contributed by atoms with Crippen LogP contribution in [-0.4, -0.2) is 27.6 Å². The summed E-state index contributed by atoms with van der Waals surface area (Å²) in [5, 5.41) is 21.3. The molecule has 0 aliphatic heterocycles. The SMILES string of the molecule is CCC(CC)(CNc1nc(C)ncc1C#N)C(=O)O. The van der Waals surface area contributed by atoms with E-state index in [1.54, 1.807) is 6.92 Å². The highest BCUT2D eigenvalue weighted by atomic mass is 16.4. The second-order valence-corrected chi connectivity index (χ2v) is 4.44. The van der Waals surface area contributed by atoms with E-state index in [4.69, 9.17) is 5.26 Å². The van der Waals surface area contributed by atoms with Crippen molar-refractivity contribution in [2.45, 2.75) is 33.6 Å². The maximum Gasteiger partial charge on any atom is 0.311 e. The van der Waals surface area contributed by atoms with Crippen LogP contribution in [0.25, 0.3) is 0 Å². The Hall–Kier alpha value is -2.16. The Bertz CT molecular complexity index is 504. The van der Waals surface area contributed by atoms with Crippen LogP contribution < -0.4 is 5.32 Å². The second kappa shape index (κ2) is 6.14. The lowest BCUT2D eigenvalue weighted by Gasteiger charge is -2.27. The van der Waals surface area contributed by atoms with E-state index in [9.17, 15) is 9.90 Å². The summed E-state index contributed by atoms with van der Waals surface area (Å²) in [5.41, 5.74) is -0.525. The minimum absolute atomic E-state index is 0.237. The maximum absolute atomic E-state index is 11.4. The topological polar surface area (TPSA) is 98.9 Å². The van der Waals surface area contributed by atoms with Crippen molar-refractivity contribution in [2.75, 3.05) is 11.9 Å². The first-order chi connectivity index (χ1) is 8.99. The molecule has 0 aromatic carbocycles. The molecule has 0 aliphatic rings. The number of aliphatic carboxylic acids is 1. The number of carboxylic acids is 1. The highest BCUT2D eigenvalue weighted by Crippen LogP contribution is 2.27. The van der Waals surface area contributed by atoms with E-state index < -0.39 is 11.4 Å². The minimum atomic E-state index is -0.842. The molecular weight excluding hydrogens is 244 g/mol. The van der Waals surface area contributed by atoms with Gasteiger partial charge in [-0.15, -0.1) is 0 Å². The summed E-state index contributed by atoms with van der Waals surface area (Å²) in [6, 6.07) is 1.99. The van der Waals surface area contributed by atoms with Crippen molar-refractivity contribution in [3.63, 3.8) is 0 Å². The van der Waals surface area contributed by atoms with Crippen LogP contribution in [0, 0.1) is 23.7 Å². The summed E-state index contributed by atoms with van der Waals surface area (Å²) in [7, 11) is 0. The quantitative estimate of drug-likeness (QED) is 0.813. The third-order valence-electron chi connectivity index (χ3n) is 3.43. The molecule has 6 heteroatoms. The number of carbonyl (C=O) groups is 1. The van der Waals surface area contributed by atoms with E-state index in [0.717, 1.165) is 0 Å². The fourth-order valence-corrected chi connectivity index (χ4v) is 1.82. The number of rotatable bonds is 6. The maximum atomic E-state index is 11.4. The Morgan fingerprint density at radius 2 is 2.16 bits per heavy atom. The van der Waals surface area contributed by atoms with E-state index in [0.29, 0.717) is 30.0 Å². The molecule has 0 fully saturated rings. The standard InChI is InChI=1S/C13H18N4O2/c1-4-13(5-2,12(18)19)8-16-11-10(6-14)7-15-9(3)17-11/h7H,4-5,8H2,1-3H3,(H,18,19)(H,15,16,17). The summed E-state index contributed by atoms with van der Waals surface area (Å²) in [6.45, 7) is 5.64. The van der Waals surface area contributed by atoms with Crippen LogP contribution in [0.5, 0.6) is 0 Å².